The lowest BCUT2D eigenvalue weighted by atomic mass is 9.77. The molecule has 1 spiro atoms. The molecule has 2 fully saturated rings. The highest BCUT2D eigenvalue weighted by molar-refractivity contribution is 5.28. The van der Waals surface area contributed by atoms with E-state index in [-0.39, 0.29) is 0 Å². The lowest BCUT2D eigenvalue weighted by Gasteiger charge is -2.38. The molecule has 4 heteroatoms. The molecule has 4 nitrogen and oxygen atoms in total. The van der Waals surface area contributed by atoms with Crippen molar-refractivity contribution in [3.8, 4) is 0 Å². The van der Waals surface area contributed by atoms with E-state index < -0.39 is 0 Å². The normalized spacial score (nSPS) is 22.8. The summed E-state index contributed by atoms with van der Waals surface area (Å²) in [5.74, 6) is 0. The van der Waals surface area contributed by atoms with Crippen molar-refractivity contribution in [1.29, 1.82) is 0 Å². The molecule has 0 atom stereocenters. The van der Waals surface area contributed by atoms with E-state index in [1.807, 2.05) is 7.05 Å². The quantitative estimate of drug-likeness (QED) is 0.894. The van der Waals surface area contributed by atoms with Crippen LogP contribution in [0.2, 0.25) is 0 Å². The number of hydrogen-bond acceptors (Lipinski definition) is 4. The van der Waals surface area contributed by atoms with Crippen LogP contribution in [0.4, 0.5) is 6.01 Å². The van der Waals surface area contributed by atoms with Gasteiger partial charge < -0.3 is 14.6 Å². The third-order valence-electron chi connectivity index (χ3n) is 4.66. The molecule has 0 radical (unpaired) electrons. The average molecular weight is 249 g/mol. The van der Waals surface area contributed by atoms with Gasteiger partial charge in [-0.2, -0.15) is 4.98 Å². The molecule has 100 valence electrons. The van der Waals surface area contributed by atoms with Crippen molar-refractivity contribution >= 4 is 6.01 Å². The molecular formula is C14H23N3O. The monoisotopic (exact) mass is 249 g/mol. The number of piperidine rings is 1. The predicted octanol–water partition coefficient (Wildman–Crippen LogP) is 2.55. The minimum atomic E-state index is 0.664. The summed E-state index contributed by atoms with van der Waals surface area (Å²) < 4.78 is 5.58. The summed E-state index contributed by atoms with van der Waals surface area (Å²) in [5.41, 5.74) is 1.66. The van der Waals surface area contributed by atoms with E-state index in [4.69, 9.17) is 4.42 Å². The third-order valence-corrected chi connectivity index (χ3v) is 4.66. The molecule has 1 aromatic rings. The fourth-order valence-corrected chi connectivity index (χ4v) is 3.50. The van der Waals surface area contributed by atoms with Crippen LogP contribution in [-0.2, 0) is 6.54 Å². The van der Waals surface area contributed by atoms with E-state index in [9.17, 15) is 0 Å². The molecule has 1 aromatic heterocycles. The van der Waals surface area contributed by atoms with E-state index in [1.165, 1.54) is 38.5 Å². The second-order valence-corrected chi connectivity index (χ2v) is 5.85. The van der Waals surface area contributed by atoms with Gasteiger partial charge in [0.25, 0.3) is 6.01 Å². The van der Waals surface area contributed by atoms with Crippen LogP contribution in [0, 0.1) is 5.41 Å². The number of aromatic nitrogens is 1. The molecule has 1 N–H and O–H groups in total. The van der Waals surface area contributed by atoms with Crippen molar-refractivity contribution in [3.63, 3.8) is 0 Å². The summed E-state index contributed by atoms with van der Waals surface area (Å²) in [6.07, 6.45) is 10.2. The SMILES string of the molecule is CNCc1coc(N2CCC3(CCCC3)CC2)n1. The maximum Gasteiger partial charge on any atom is 0.297 e. The van der Waals surface area contributed by atoms with Gasteiger partial charge in [-0.25, -0.2) is 0 Å². The van der Waals surface area contributed by atoms with Crippen molar-refractivity contribution in [1.82, 2.24) is 10.3 Å². The highest BCUT2D eigenvalue weighted by Crippen LogP contribution is 2.46. The van der Waals surface area contributed by atoms with Crippen LogP contribution in [0.5, 0.6) is 0 Å². The van der Waals surface area contributed by atoms with Gasteiger partial charge in [0.1, 0.15) is 6.26 Å². The van der Waals surface area contributed by atoms with E-state index in [0.717, 1.165) is 31.3 Å². The van der Waals surface area contributed by atoms with Gasteiger partial charge in [-0.1, -0.05) is 12.8 Å². The number of anilines is 1. The number of oxazole rings is 1. The number of nitrogens with one attached hydrogen (secondary N) is 1. The van der Waals surface area contributed by atoms with E-state index in [1.54, 1.807) is 6.26 Å². The molecular weight excluding hydrogens is 226 g/mol. The Hall–Kier alpha value is -1.03. The van der Waals surface area contributed by atoms with Crippen molar-refractivity contribution in [3.05, 3.63) is 12.0 Å². The Kier molecular flexibility index (Phi) is 3.29. The van der Waals surface area contributed by atoms with Gasteiger partial charge in [-0.05, 0) is 38.1 Å². The maximum atomic E-state index is 5.58. The summed E-state index contributed by atoms with van der Waals surface area (Å²) in [4.78, 5) is 6.84. The second-order valence-electron chi connectivity index (χ2n) is 5.85. The Morgan fingerprint density at radius 1 is 1.28 bits per heavy atom. The molecule has 1 aliphatic heterocycles. The smallest absolute Gasteiger partial charge is 0.297 e. The average Bonchev–Trinajstić information content (AvgIpc) is 3.02. The van der Waals surface area contributed by atoms with Crippen LogP contribution in [0.3, 0.4) is 0 Å². The molecule has 2 aliphatic rings. The van der Waals surface area contributed by atoms with Crippen molar-refractivity contribution in [2.24, 2.45) is 5.41 Å². The first kappa shape index (κ1) is 12.0. The van der Waals surface area contributed by atoms with Gasteiger partial charge in [0.15, 0.2) is 0 Å². The molecule has 18 heavy (non-hydrogen) atoms. The van der Waals surface area contributed by atoms with Gasteiger partial charge in [0, 0.05) is 19.6 Å². The van der Waals surface area contributed by atoms with Crippen LogP contribution in [0.1, 0.15) is 44.2 Å². The summed E-state index contributed by atoms with van der Waals surface area (Å²) in [6, 6.07) is 0.813. The Labute approximate surface area is 109 Å². The Morgan fingerprint density at radius 2 is 2.00 bits per heavy atom. The molecule has 2 heterocycles. The Bertz CT molecular complexity index is 385. The first-order valence-corrected chi connectivity index (χ1v) is 7.15. The summed E-state index contributed by atoms with van der Waals surface area (Å²) in [5, 5.41) is 3.10. The number of hydrogen-bond donors (Lipinski definition) is 1. The van der Waals surface area contributed by atoms with E-state index >= 15 is 0 Å². The molecule has 1 aliphatic carbocycles. The fourth-order valence-electron chi connectivity index (χ4n) is 3.50. The second kappa shape index (κ2) is 4.92. The Balaban J connectivity index is 1.61. The highest BCUT2D eigenvalue weighted by atomic mass is 16.4. The number of nitrogens with zero attached hydrogens (tertiary/aromatic N) is 2. The van der Waals surface area contributed by atoms with Crippen LogP contribution in [-0.4, -0.2) is 25.1 Å². The number of rotatable bonds is 3. The lowest BCUT2D eigenvalue weighted by molar-refractivity contribution is 0.222. The minimum absolute atomic E-state index is 0.664. The van der Waals surface area contributed by atoms with Crippen molar-refractivity contribution in [2.75, 3.05) is 25.0 Å². The first-order chi connectivity index (χ1) is 8.81. The van der Waals surface area contributed by atoms with Gasteiger partial charge in [0.05, 0.1) is 5.69 Å². The van der Waals surface area contributed by atoms with E-state index in [2.05, 4.69) is 15.2 Å². The zero-order valence-corrected chi connectivity index (χ0v) is 11.2. The summed E-state index contributed by atoms with van der Waals surface area (Å²) >= 11 is 0. The molecule has 3 rings (SSSR count). The van der Waals surface area contributed by atoms with Crippen molar-refractivity contribution < 1.29 is 4.42 Å². The van der Waals surface area contributed by atoms with Crippen LogP contribution >= 0.6 is 0 Å². The van der Waals surface area contributed by atoms with Crippen LogP contribution in [0.25, 0.3) is 0 Å². The first-order valence-electron chi connectivity index (χ1n) is 7.15. The maximum absolute atomic E-state index is 5.58. The van der Waals surface area contributed by atoms with Crippen molar-refractivity contribution in [2.45, 2.75) is 45.1 Å². The molecule has 0 bridgehead atoms. The zero-order valence-electron chi connectivity index (χ0n) is 11.2. The predicted molar refractivity (Wildman–Crippen MR) is 71.6 cm³/mol. The fraction of sp³-hybridized carbons (Fsp3) is 0.786. The largest absolute Gasteiger partial charge is 0.432 e. The zero-order chi connectivity index (χ0) is 12.4. The van der Waals surface area contributed by atoms with Crippen LogP contribution < -0.4 is 10.2 Å². The van der Waals surface area contributed by atoms with Gasteiger partial charge in [-0.15, -0.1) is 0 Å². The van der Waals surface area contributed by atoms with Crippen LogP contribution in [0.15, 0.2) is 10.7 Å². The lowest BCUT2D eigenvalue weighted by Crippen LogP contribution is -2.39. The summed E-state index contributed by atoms with van der Waals surface area (Å²) in [7, 11) is 1.93. The highest BCUT2D eigenvalue weighted by Gasteiger charge is 2.37. The Morgan fingerprint density at radius 3 is 2.67 bits per heavy atom. The molecule has 0 aromatic carbocycles. The standard InChI is InChI=1S/C14H23N3O/c1-15-10-12-11-18-13(16-12)17-8-6-14(7-9-17)4-2-3-5-14/h11,15H,2-10H2,1H3. The van der Waals surface area contributed by atoms with Gasteiger partial charge >= 0.3 is 0 Å². The van der Waals surface area contributed by atoms with E-state index in [0.29, 0.717) is 5.41 Å². The third kappa shape index (κ3) is 2.26. The van der Waals surface area contributed by atoms with Gasteiger partial charge in [-0.3, -0.25) is 0 Å². The van der Waals surface area contributed by atoms with Gasteiger partial charge in [0.2, 0.25) is 0 Å². The molecule has 0 amide bonds. The summed E-state index contributed by atoms with van der Waals surface area (Å²) in [6.45, 7) is 3.00. The molecule has 0 unspecified atom stereocenters. The topological polar surface area (TPSA) is 41.3 Å². The molecule has 1 saturated heterocycles. The molecule has 1 saturated carbocycles. The minimum Gasteiger partial charge on any atom is -0.432 e.